The zero-order chi connectivity index (χ0) is 13.9. The molecule has 0 saturated heterocycles. The molecule has 0 N–H and O–H groups in total. The van der Waals surface area contributed by atoms with Gasteiger partial charge in [-0.15, -0.1) is 0 Å². The lowest BCUT2D eigenvalue weighted by molar-refractivity contribution is 0.156. The fourth-order valence-electron chi connectivity index (χ4n) is 3.76. The zero-order valence-corrected chi connectivity index (χ0v) is 13.8. The summed E-state index contributed by atoms with van der Waals surface area (Å²) in [6.45, 7) is 10.5. The van der Waals surface area contributed by atoms with E-state index in [1.54, 1.807) is 5.56 Å². The van der Waals surface area contributed by atoms with E-state index in [-0.39, 0.29) is 0 Å². The van der Waals surface area contributed by atoms with E-state index in [4.69, 9.17) is 0 Å². The van der Waals surface area contributed by atoms with E-state index >= 15 is 0 Å². The van der Waals surface area contributed by atoms with Crippen LogP contribution in [-0.2, 0) is 5.41 Å². The normalized spacial score (nSPS) is 18.9. The van der Waals surface area contributed by atoms with Crippen molar-refractivity contribution in [1.82, 2.24) is 4.90 Å². The average Bonchev–Trinajstić information content (AvgIpc) is 2.99. The Balaban J connectivity index is 2.06. The van der Waals surface area contributed by atoms with Gasteiger partial charge in [0.05, 0.1) is 0 Å². The predicted molar refractivity (Wildman–Crippen MR) is 86.1 cm³/mol. The van der Waals surface area contributed by atoms with Gasteiger partial charge in [-0.1, -0.05) is 12.8 Å². The van der Waals surface area contributed by atoms with Crippen molar-refractivity contribution >= 4 is 11.3 Å². The fraction of sp³-hybridized carbons (Fsp3) is 0.765. The Morgan fingerprint density at radius 2 is 1.79 bits per heavy atom. The number of thiophene rings is 1. The molecule has 0 spiro atoms. The van der Waals surface area contributed by atoms with Crippen LogP contribution in [0.5, 0.6) is 0 Å². The van der Waals surface area contributed by atoms with Crippen molar-refractivity contribution in [2.24, 2.45) is 0 Å². The second kappa shape index (κ2) is 6.41. The molecule has 1 aromatic rings. The van der Waals surface area contributed by atoms with Crippen LogP contribution < -0.4 is 0 Å². The fourth-order valence-corrected chi connectivity index (χ4v) is 4.54. The minimum absolute atomic E-state index is 0.488. The largest absolute Gasteiger partial charge is 0.299 e. The van der Waals surface area contributed by atoms with Gasteiger partial charge in [-0.3, -0.25) is 4.90 Å². The molecule has 2 rings (SSSR count). The lowest BCUT2D eigenvalue weighted by Crippen LogP contribution is -2.40. The van der Waals surface area contributed by atoms with Gasteiger partial charge >= 0.3 is 0 Å². The van der Waals surface area contributed by atoms with Gasteiger partial charge in [0, 0.05) is 12.1 Å². The maximum absolute atomic E-state index is 2.65. The van der Waals surface area contributed by atoms with E-state index in [2.05, 4.69) is 49.4 Å². The number of hydrogen-bond donors (Lipinski definition) is 0. The molecule has 0 bridgehead atoms. The summed E-state index contributed by atoms with van der Waals surface area (Å²) < 4.78 is 0. The number of nitrogens with zero attached hydrogens (tertiary/aromatic N) is 1. The highest BCUT2D eigenvalue weighted by atomic mass is 32.1. The molecule has 1 aromatic heterocycles. The molecule has 2 heteroatoms. The van der Waals surface area contributed by atoms with Crippen molar-refractivity contribution in [2.45, 2.75) is 77.3 Å². The van der Waals surface area contributed by atoms with E-state index < -0.39 is 0 Å². The molecule has 1 heterocycles. The Labute approximate surface area is 123 Å². The van der Waals surface area contributed by atoms with Gasteiger partial charge in [-0.25, -0.2) is 0 Å². The van der Waals surface area contributed by atoms with Crippen LogP contribution in [0.1, 0.15) is 65.4 Å². The molecule has 0 amide bonds. The van der Waals surface area contributed by atoms with Crippen molar-refractivity contribution in [3.05, 3.63) is 22.4 Å². The molecule has 1 fully saturated rings. The maximum Gasteiger partial charge on any atom is 0.00412 e. The zero-order valence-electron chi connectivity index (χ0n) is 13.0. The van der Waals surface area contributed by atoms with Crippen molar-refractivity contribution in [2.75, 3.05) is 6.54 Å². The van der Waals surface area contributed by atoms with Gasteiger partial charge in [-0.2, -0.15) is 11.3 Å². The molecular formula is C17H29NS. The highest BCUT2D eigenvalue weighted by Crippen LogP contribution is 2.44. The first-order chi connectivity index (χ1) is 9.05. The number of hydrogen-bond acceptors (Lipinski definition) is 2. The summed E-state index contributed by atoms with van der Waals surface area (Å²) in [5.74, 6) is 0. The van der Waals surface area contributed by atoms with Crippen LogP contribution in [0.2, 0.25) is 0 Å². The first-order valence-electron chi connectivity index (χ1n) is 7.83. The Bertz CT molecular complexity index is 353. The molecule has 0 aromatic carbocycles. The molecule has 1 aliphatic rings. The molecule has 1 saturated carbocycles. The lowest BCUT2D eigenvalue weighted by atomic mass is 9.77. The molecule has 0 radical (unpaired) electrons. The van der Waals surface area contributed by atoms with Gasteiger partial charge in [0.1, 0.15) is 0 Å². The van der Waals surface area contributed by atoms with Crippen LogP contribution in [0.3, 0.4) is 0 Å². The third kappa shape index (κ3) is 3.41. The Morgan fingerprint density at radius 1 is 1.16 bits per heavy atom. The van der Waals surface area contributed by atoms with Gasteiger partial charge in [0.15, 0.2) is 0 Å². The third-order valence-electron chi connectivity index (χ3n) is 4.87. The van der Waals surface area contributed by atoms with Crippen LogP contribution in [-0.4, -0.2) is 23.5 Å². The number of rotatable bonds is 6. The molecule has 1 nitrogen and oxygen atoms in total. The van der Waals surface area contributed by atoms with E-state index in [0.29, 0.717) is 17.5 Å². The summed E-state index contributed by atoms with van der Waals surface area (Å²) in [6, 6.07) is 3.67. The van der Waals surface area contributed by atoms with Crippen LogP contribution in [0, 0.1) is 0 Å². The van der Waals surface area contributed by atoms with Gasteiger partial charge in [0.2, 0.25) is 0 Å². The minimum Gasteiger partial charge on any atom is -0.299 e. The molecule has 1 aliphatic carbocycles. The Hall–Kier alpha value is -0.340. The molecule has 19 heavy (non-hydrogen) atoms. The van der Waals surface area contributed by atoms with Crippen molar-refractivity contribution in [1.29, 1.82) is 0 Å². The van der Waals surface area contributed by atoms with Gasteiger partial charge < -0.3 is 0 Å². The molecule has 108 valence electrons. The van der Waals surface area contributed by atoms with Crippen LogP contribution in [0.4, 0.5) is 0 Å². The summed E-state index contributed by atoms with van der Waals surface area (Å²) in [4.78, 5) is 2.65. The van der Waals surface area contributed by atoms with Crippen LogP contribution >= 0.6 is 11.3 Å². The van der Waals surface area contributed by atoms with Crippen molar-refractivity contribution < 1.29 is 0 Å². The molecular weight excluding hydrogens is 250 g/mol. The first-order valence-corrected chi connectivity index (χ1v) is 8.78. The predicted octanol–water partition coefficient (Wildman–Crippen LogP) is 5.07. The summed E-state index contributed by atoms with van der Waals surface area (Å²) in [5.41, 5.74) is 2.10. The summed E-state index contributed by atoms with van der Waals surface area (Å²) in [6.07, 6.45) is 6.96. The Morgan fingerprint density at radius 3 is 2.26 bits per heavy atom. The van der Waals surface area contributed by atoms with Gasteiger partial charge in [0.25, 0.3) is 0 Å². The summed E-state index contributed by atoms with van der Waals surface area (Å²) >= 11 is 1.86. The van der Waals surface area contributed by atoms with E-state index in [9.17, 15) is 0 Å². The minimum atomic E-state index is 0.488. The SMILES string of the molecule is CC(C)N(CCC1(c2ccsc2)CCCC1)C(C)C. The molecule has 0 atom stereocenters. The standard InChI is InChI=1S/C17H29NS/c1-14(2)18(15(3)4)11-10-17(8-5-6-9-17)16-7-12-19-13-16/h7,12-15H,5-6,8-11H2,1-4H3. The Kier molecular flexibility index (Phi) is 5.08. The monoisotopic (exact) mass is 279 g/mol. The maximum atomic E-state index is 2.65. The summed E-state index contributed by atoms with van der Waals surface area (Å²) in [5, 5.41) is 4.64. The second-order valence-corrected chi connectivity index (χ2v) is 7.45. The smallest absolute Gasteiger partial charge is 0.00412 e. The van der Waals surface area contributed by atoms with E-state index in [1.807, 2.05) is 11.3 Å². The van der Waals surface area contributed by atoms with E-state index in [1.165, 1.54) is 38.6 Å². The molecule has 0 unspecified atom stereocenters. The highest BCUT2D eigenvalue weighted by molar-refractivity contribution is 7.08. The van der Waals surface area contributed by atoms with Crippen LogP contribution in [0.25, 0.3) is 0 Å². The summed E-state index contributed by atoms with van der Waals surface area (Å²) in [7, 11) is 0. The molecule has 0 aliphatic heterocycles. The quantitative estimate of drug-likeness (QED) is 0.703. The topological polar surface area (TPSA) is 3.24 Å². The van der Waals surface area contributed by atoms with E-state index in [0.717, 1.165) is 0 Å². The average molecular weight is 279 g/mol. The lowest BCUT2D eigenvalue weighted by Gasteiger charge is -2.36. The van der Waals surface area contributed by atoms with Crippen molar-refractivity contribution in [3.8, 4) is 0 Å². The second-order valence-electron chi connectivity index (χ2n) is 6.67. The van der Waals surface area contributed by atoms with Crippen LogP contribution in [0.15, 0.2) is 16.8 Å². The van der Waals surface area contributed by atoms with Gasteiger partial charge in [-0.05, 0) is 81.3 Å². The first kappa shape index (κ1) is 15.1. The highest BCUT2D eigenvalue weighted by Gasteiger charge is 2.36. The van der Waals surface area contributed by atoms with Crippen molar-refractivity contribution in [3.63, 3.8) is 0 Å². The third-order valence-corrected chi connectivity index (χ3v) is 5.55.